The minimum Gasteiger partial charge on any atom is -0.494 e. The SMILES string of the molecule is CCOc1cc(OCC)cc(C(Nc2ccc(C#N)cc2)C(=O)OC)c1. The molecule has 0 aliphatic heterocycles. The molecule has 0 heterocycles. The first-order chi connectivity index (χ1) is 12.6. The van der Waals surface area contributed by atoms with E-state index in [1.165, 1.54) is 7.11 Å². The lowest BCUT2D eigenvalue weighted by Crippen LogP contribution is -2.22. The van der Waals surface area contributed by atoms with Crippen molar-refractivity contribution >= 4 is 11.7 Å². The zero-order chi connectivity index (χ0) is 18.9. The summed E-state index contributed by atoms with van der Waals surface area (Å²) in [5.41, 5.74) is 1.90. The normalized spacial score (nSPS) is 11.2. The van der Waals surface area contributed by atoms with Crippen LogP contribution in [0.1, 0.15) is 31.0 Å². The Labute approximate surface area is 153 Å². The van der Waals surface area contributed by atoms with Gasteiger partial charge in [0.05, 0.1) is 32.0 Å². The third-order valence-electron chi connectivity index (χ3n) is 3.62. The molecule has 1 unspecified atom stereocenters. The number of anilines is 1. The lowest BCUT2D eigenvalue weighted by molar-refractivity contribution is -0.141. The van der Waals surface area contributed by atoms with Gasteiger partial charge in [-0.1, -0.05) is 0 Å². The number of benzene rings is 2. The molecule has 6 nitrogen and oxygen atoms in total. The average Bonchev–Trinajstić information content (AvgIpc) is 2.66. The molecule has 0 aliphatic rings. The minimum atomic E-state index is -0.743. The van der Waals surface area contributed by atoms with E-state index in [9.17, 15) is 4.79 Å². The largest absolute Gasteiger partial charge is 0.494 e. The molecule has 0 amide bonds. The van der Waals surface area contributed by atoms with E-state index in [0.717, 1.165) is 0 Å². The zero-order valence-corrected chi connectivity index (χ0v) is 15.1. The van der Waals surface area contributed by atoms with E-state index in [4.69, 9.17) is 19.5 Å². The Balaban J connectivity index is 2.38. The van der Waals surface area contributed by atoms with Gasteiger partial charge in [-0.2, -0.15) is 5.26 Å². The van der Waals surface area contributed by atoms with Crippen molar-refractivity contribution in [1.82, 2.24) is 0 Å². The van der Waals surface area contributed by atoms with Crippen LogP contribution in [0.15, 0.2) is 42.5 Å². The van der Waals surface area contributed by atoms with Gasteiger partial charge in [-0.25, -0.2) is 4.79 Å². The number of hydrogen-bond donors (Lipinski definition) is 1. The number of carbonyl (C=O) groups excluding carboxylic acids is 1. The Hall–Kier alpha value is -3.20. The molecule has 0 aromatic heterocycles. The summed E-state index contributed by atoms with van der Waals surface area (Å²) in [4.78, 5) is 12.4. The van der Waals surface area contributed by atoms with Gasteiger partial charge in [0, 0.05) is 11.8 Å². The molecule has 1 N–H and O–H groups in total. The van der Waals surface area contributed by atoms with Crippen LogP contribution in [0, 0.1) is 11.3 Å². The topological polar surface area (TPSA) is 80.6 Å². The van der Waals surface area contributed by atoms with Gasteiger partial charge in [-0.15, -0.1) is 0 Å². The molecule has 0 aliphatic carbocycles. The fourth-order valence-corrected chi connectivity index (χ4v) is 2.46. The highest BCUT2D eigenvalue weighted by Gasteiger charge is 2.23. The molecule has 0 bridgehead atoms. The zero-order valence-electron chi connectivity index (χ0n) is 15.1. The van der Waals surface area contributed by atoms with Gasteiger partial charge in [-0.05, 0) is 55.8 Å². The lowest BCUT2D eigenvalue weighted by atomic mass is 10.1. The molecule has 2 aromatic carbocycles. The number of nitrogens with one attached hydrogen (secondary N) is 1. The number of methoxy groups -OCH3 is 1. The molecule has 0 saturated carbocycles. The van der Waals surface area contributed by atoms with Gasteiger partial charge in [0.25, 0.3) is 0 Å². The van der Waals surface area contributed by atoms with E-state index in [0.29, 0.717) is 41.5 Å². The van der Waals surface area contributed by atoms with Crippen LogP contribution in [-0.2, 0) is 9.53 Å². The van der Waals surface area contributed by atoms with Gasteiger partial charge in [-0.3, -0.25) is 0 Å². The van der Waals surface area contributed by atoms with Crippen molar-refractivity contribution in [3.8, 4) is 17.6 Å². The summed E-state index contributed by atoms with van der Waals surface area (Å²) in [6.45, 7) is 4.78. The molecular formula is C20H22N2O4. The summed E-state index contributed by atoms with van der Waals surface area (Å²) in [6.07, 6.45) is 0. The van der Waals surface area contributed by atoms with E-state index in [-0.39, 0.29) is 0 Å². The third-order valence-corrected chi connectivity index (χ3v) is 3.62. The highest BCUT2D eigenvalue weighted by molar-refractivity contribution is 5.81. The Morgan fingerprint density at radius 2 is 1.65 bits per heavy atom. The van der Waals surface area contributed by atoms with Crippen LogP contribution in [0.2, 0.25) is 0 Å². The van der Waals surface area contributed by atoms with Crippen LogP contribution < -0.4 is 14.8 Å². The van der Waals surface area contributed by atoms with Crippen LogP contribution in [0.5, 0.6) is 11.5 Å². The molecule has 2 aromatic rings. The van der Waals surface area contributed by atoms with E-state index in [1.54, 1.807) is 42.5 Å². The molecule has 6 heteroatoms. The van der Waals surface area contributed by atoms with Gasteiger partial charge in [0.1, 0.15) is 11.5 Å². The number of nitrogens with zero attached hydrogens (tertiary/aromatic N) is 1. The van der Waals surface area contributed by atoms with Gasteiger partial charge >= 0.3 is 5.97 Å². The van der Waals surface area contributed by atoms with Crippen molar-refractivity contribution in [3.63, 3.8) is 0 Å². The molecule has 0 spiro atoms. The smallest absolute Gasteiger partial charge is 0.332 e. The van der Waals surface area contributed by atoms with E-state index < -0.39 is 12.0 Å². The molecule has 0 radical (unpaired) electrons. The lowest BCUT2D eigenvalue weighted by Gasteiger charge is -2.20. The Kier molecular flexibility index (Phi) is 6.86. The van der Waals surface area contributed by atoms with Crippen LogP contribution >= 0.6 is 0 Å². The summed E-state index contributed by atoms with van der Waals surface area (Å²) in [5.74, 6) is 0.790. The highest BCUT2D eigenvalue weighted by Crippen LogP contribution is 2.29. The number of rotatable bonds is 8. The molecule has 0 fully saturated rings. The summed E-state index contributed by atoms with van der Waals surface area (Å²) >= 11 is 0. The monoisotopic (exact) mass is 354 g/mol. The van der Waals surface area contributed by atoms with Crippen LogP contribution in [-0.4, -0.2) is 26.3 Å². The molecule has 0 saturated heterocycles. The number of carbonyl (C=O) groups is 1. The van der Waals surface area contributed by atoms with E-state index in [1.807, 2.05) is 13.8 Å². The number of hydrogen-bond acceptors (Lipinski definition) is 6. The predicted octanol–water partition coefficient (Wildman–Crippen LogP) is 3.68. The van der Waals surface area contributed by atoms with Gasteiger partial charge in [0.2, 0.25) is 0 Å². The molecule has 26 heavy (non-hydrogen) atoms. The maximum Gasteiger partial charge on any atom is 0.332 e. The van der Waals surface area contributed by atoms with Crippen molar-refractivity contribution in [2.75, 3.05) is 25.6 Å². The summed E-state index contributed by atoms with van der Waals surface area (Å²) in [6, 6.07) is 13.5. The maximum atomic E-state index is 12.4. The first kappa shape index (κ1) is 19.1. The molecule has 1 atom stereocenters. The van der Waals surface area contributed by atoms with Crippen LogP contribution in [0.25, 0.3) is 0 Å². The number of ether oxygens (including phenoxy) is 3. The summed E-state index contributed by atoms with van der Waals surface area (Å²) in [5, 5.41) is 12.0. The average molecular weight is 354 g/mol. The van der Waals surface area contributed by atoms with Crippen molar-refractivity contribution < 1.29 is 19.0 Å². The number of esters is 1. The van der Waals surface area contributed by atoms with Crippen molar-refractivity contribution in [2.24, 2.45) is 0 Å². The summed E-state index contributed by atoms with van der Waals surface area (Å²) < 4.78 is 16.1. The Morgan fingerprint density at radius 3 is 2.12 bits per heavy atom. The number of nitriles is 1. The molecular weight excluding hydrogens is 332 g/mol. The fraction of sp³-hybridized carbons (Fsp3) is 0.300. The van der Waals surface area contributed by atoms with Gasteiger partial charge in [0.15, 0.2) is 6.04 Å². The predicted molar refractivity (Wildman–Crippen MR) is 98.3 cm³/mol. The molecule has 2 rings (SSSR count). The van der Waals surface area contributed by atoms with Crippen molar-refractivity contribution in [1.29, 1.82) is 5.26 Å². The van der Waals surface area contributed by atoms with Crippen molar-refractivity contribution in [3.05, 3.63) is 53.6 Å². The first-order valence-electron chi connectivity index (χ1n) is 8.36. The fourth-order valence-electron chi connectivity index (χ4n) is 2.46. The molecule has 136 valence electrons. The van der Waals surface area contributed by atoms with Gasteiger partial charge < -0.3 is 19.5 Å². The second-order valence-corrected chi connectivity index (χ2v) is 5.39. The second-order valence-electron chi connectivity index (χ2n) is 5.39. The van der Waals surface area contributed by atoms with Crippen LogP contribution in [0.3, 0.4) is 0 Å². The van der Waals surface area contributed by atoms with Crippen molar-refractivity contribution in [2.45, 2.75) is 19.9 Å². The maximum absolute atomic E-state index is 12.4. The first-order valence-corrected chi connectivity index (χ1v) is 8.36. The third kappa shape index (κ3) is 4.90. The van der Waals surface area contributed by atoms with Crippen LogP contribution in [0.4, 0.5) is 5.69 Å². The highest BCUT2D eigenvalue weighted by atomic mass is 16.5. The van der Waals surface area contributed by atoms with E-state index in [2.05, 4.69) is 11.4 Å². The van der Waals surface area contributed by atoms with E-state index >= 15 is 0 Å². The minimum absolute atomic E-state index is 0.439. The summed E-state index contributed by atoms with van der Waals surface area (Å²) in [7, 11) is 1.34. The Morgan fingerprint density at radius 1 is 1.08 bits per heavy atom. The Bertz CT molecular complexity index is 757. The standard InChI is InChI=1S/C20H22N2O4/c1-4-25-17-10-15(11-18(12-17)26-5-2)19(20(23)24-3)22-16-8-6-14(13-21)7-9-16/h6-12,19,22H,4-5H2,1-3H3. The second kappa shape index (κ2) is 9.33. The quantitative estimate of drug-likeness (QED) is 0.728.